The summed E-state index contributed by atoms with van der Waals surface area (Å²) >= 11 is 1.77. The van der Waals surface area contributed by atoms with E-state index in [4.69, 9.17) is 0 Å². The molecule has 1 atom stereocenters. The molecule has 1 saturated heterocycles. The first kappa shape index (κ1) is 16.1. The molecule has 1 aliphatic rings. The van der Waals surface area contributed by atoms with Crippen molar-refractivity contribution in [3.8, 4) is 0 Å². The van der Waals surface area contributed by atoms with Gasteiger partial charge < -0.3 is 5.32 Å². The largest absolute Gasteiger partial charge is 0.350 e. The lowest BCUT2D eigenvalue weighted by molar-refractivity contribution is 0.0933. The summed E-state index contributed by atoms with van der Waals surface area (Å²) in [5.74, 6) is -0.0468. The van der Waals surface area contributed by atoms with E-state index in [1.807, 2.05) is 0 Å². The van der Waals surface area contributed by atoms with Gasteiger partial charge in [-0.15, -0.1) is 11.3 Å². The molecule has 0 spiro atoms. The van der Waals surface area contributed by atoms with Gasteiger partial charge in [0.25, 0.3) is 5.91 Å². The lowest BCUT2D eigenvalue weighted by Crippen LogP contribution is -2.38. The molecule has 1 fully saturated rings. The fourth-order valence-corrected chi connectivity index (χ4v) is 3.95. The lowest BCUT2D eigenvalue weighted by Gasteiger charge is -2.30. The zero-order valence-corrected chi connectivity index (χ0v) is 14.1. The maximum Gasteiger partial charge on any atom is 0.252 e. The van der Waals surface area contributed by atoms with E-state index < -0.39 is 0 Å². The highest BCUT2D eigenvalue weighted by Gasteiger charge is 2.23. The standard InChI is InChI=1S/C18H23N3OS/c22-18(15-7-5-9-19-13-15)20-14-16(17-8-6-12-23-17)21-10-3-1-2-4-11-21/h5-9,12-13,16H,1-4,10-11,14H2,(H,20,22). The van der Waals surface area contributed by atoms with Crippen LogP contribution in [0.25, 0.3) is 0 Å². The molecular formula is C18H23N3OS. The minimum atomic E-state index is -0.0468. The van der Waals surface area contributed by atoms with Gasteiger partial charge in [0.2, 0.25) is 0 Å². The molecular weight excluding hydrogens is 306 g/mol. The van der Waals surface area contributed by atoms with Crippen LogP contribution >= 0.6 is 11.3 Å². The molecule has 0 bridgehead atoms. The van der Waals surface area contributed by atoms with Crippen LogP contribution in [0.4, 0.5) is 0 Å². The van der Waals surface area contributed by atoms with Crippen LogP contribution in [0.2, 0.25) is 0 Å². The normalized spacial score (nSPS) is 17.4. The molecule has 0 radical (unpaired) electrons. The summed E-state index contributed by atoms with van der Waals surface area (Å²) in [5, 5.41) is 5.21. The summed E-state index contributed by atoms with van der Waals surface area (Å²) in [5.41, 5.74) is 0.619. The van der Waals surface area contributed by atoms with Crippen molar-refractivity contribution >= 4 is 17.2 Å². The fourth-order valence-electron chi connectivity index (χ4n) is 3.09. The number of hydrogen-bond donors (Lipinski definition) is 1. The number of thiophene rings is 1. The molecule has 2 aromatic rings. The quantitative estimate of drug-likeness (QED) is 0.913. The number of likely N-dealkylation sites (tertiary alicyclic amines) is 1. The second-order valence-electron chi connectivity index (χ2n) is 5.93. The Balaban J connectivity index is 1.67. The Morgan fingerprint density at radius 2 is 2.04 bits per heavy atom. The summed E-state index contributed by atoms with van der Waals surface area (Å²) in [7, 11) is 0. The van der Waals surface area contributed by atoms with Crippen LogP contribution in [-0.4, -0.2) is 35.4 Å². The molecule has 5 heteroatoms. The van der Waals surface area contributed by atoms with Gasteiger partial charge in [0.15, 0.2) is 0 Å². The first-order valence-electron chi connectivity index (χ1n) is 8.30. The number of amides is 1. The van der Waals surface area contributed by atoms with E-state index in [2.05, 4.69) is 32.7 Å². The Morgan fingerprint density at radius 3 is 2.70 bits per heavy atom. The van der Waals surface area contributed by atoms with Gasteiger partial charge in [-0.25, -0.2) is 0 Å². The Labute approximate surface area is 141 Å². The van der Waals surface area contributed by atoms with E-state index in [0.29, 0.717) is 12.1 Å². The van der Waals surface area contributed by atoms with Crippen LogP contribution in [0.5, 0.6) is 0 Å². The Bertz CT molecular complexity index is 592. The molecule has 1 aliphatic heterocycles. The van der Waals surface area contributed by atoms with Crippen LogP contribution in [0.1, 0.15) is 47.0 Å². The maximum absolute atomic E-state index is 12.3. The topological polar surface area (TPSA) is 45.2 Å². The van der Waals surface area contributed by atoms with Crippen LogP contribution in [0.15, 0.2) is 42.0 Å². The number of nitrogens with zero attached hydrogens (tertiary/aromatic N) is 2. The van der Waals surface area contributed by atoms with Crippen LogP contribution in [-0.2, 0) is 0 Å². The smallest absolute Gasteiger partial charge is 0.252 e. The SMILES string of the molecule is O=C(NCC(c1cccs1)N1CCCCCC1)c1cccnc1. The van der Waals surface area contributed by atoms with Gasteiger partial charge >= 0.3 is 0 Å². The zero-order chi connectivity index (χ0) is 15.9. The van der Waals surface area contributed by atoms with Crippen molar-refractivity contribution in [2.24, 2.45) is 0 Å². The highest BCUT2D eigenvalue weighted by Crippen LogP contribution is 2.27. The molecule has 0 aliphatic carbocycles. The number of hydrogen-bond acceptors (Lipinski definition) is 4. The van der Waals surface area contributed by atoms with Crippen molar-refractivity contribution in [2.75, 3.05) is 19.6 Å². The summed E-state index contributed by atoms with van der Waals surface area (Å²) in [6.45, 7) is 2.88. The van der Waals surface area contributed by atoms with Crippen molar-refractivity contribution in [1.29, 1.82) is 0 Å². The average Bonchev–Trinajstić information content (AvgIpc) is 2.99. The van der Waals surface area contributed by atoms with E-state index in [1.54, 1.807) is 35.9 Å². The third-order valence-electron chi connectivity index (χ3n) is 4.33. The number of aromatic nitrogens is 1. The monoisotopic (exact) mass is 329 g/mol. The van der Waals surface area contributed by atoms with Gasteiger partial charge in [0, 0.05) is 23.8 Å². The third-order valence-corrected chi connectivity index (χ3v) is 5.31. The van der Waals surface area contributed by atoms with Gasteiger partial charge in [-0.1, -0.05) is 18.9 Å². The van der Waals surface area contributed by atoms with E-state index in [0.717, 1.165) is 13.1 Å². The molecule has 0 saturated carbocycles. The molecule has 1 amide bonds. The number of pyridine rings is 1. The zero-order valence-electron chi connectivity index (χ0n) is 13.3. The number of rotatable bonds is 5. The lowest BCUT2D eigenvalue weighted by atomic mass is 10.1. The second kappa shape index (κ2) is 8.22. The van der Waals surface area contributed by atoms with E-state index in [-0.39, 0.29) is 11.9 Å². The Morgan fingerprint density at radius 1 is 1.22 bits per heavy atom. The molecule has 4 nitrogen and oxygen atoms in total. The van der Waals surface area contributed by atoms with Gasteiger partial charge in [-0.3, -0.25) is 14.7 Å². The van der Waals surface area contributed by atoms with Gasteiger partial charge in [0.05, 0.1) is 11.6 Å². The first-order valence-corrected chi connectivity index (χ1v) is 9.18. The molecule has 3 heterocycles. The third kappa shape index (κ3) is 4.39. The van der Waals surface area contributed by atoms with Crippen LogP contribution < -0.4 is 5.32 Å². The summed E-state index contributed by atoms with van der Waals surface area (Å²) in [6, 6.07) is 8.13. The molecule has 23 heavy (non-hydrogen) atoms. The van der Waals surface area contributed by atoms with Gasteiger partial charge in [-0.2, -0.15) is 0 Å². The Kier molecular flexibility index (Phi) is 5.77. The van der Waals surface area contributed by atoms with Crippen molar-refractivity contribution in [2.45, 2.75) is 31.7 Å². The molecule has 0 aromatic carbocycles. The fraction of sp³-hybridized carbons (Fsp3) is 0.444. The number of carbonyl (C=O) groups excluding carboxylic acids is 1. The summed E-state index contributed by atoms with van der Waals surface area (Å²) in [4.78, 5) is 20.2. The van der Waals surface area contributed by atoms with Crippen molar-refractivity contribution in [3.63, 3.8) is 0 Å². The average molecular weight is 329 g/mol. The molecule has 2 aromatic heterocycles. The van der Waals surface area contributed by atoms with Crippen LogP contribution in [0, 0.1) is 0 Å². The highest BCUT2D eigenvalue weighted by molar-refractivity contribution is 7.10. The minimum absolute atomic E-state index is 0.0468. The van der Waals surface area contributed by atoms with Gasteiger partial charge in [0.1, 0.15) is 0 Å². The van der Waals surface area contributed by atoms with Crippen molar-refractivity contribution < 1.29 is 4.79 Å². The van der Waals surface area contributed by atoms with Crippen molar-refractivity contribution in [1.82, 2.24) is 15.2 Å². The van der Waals surface area contributed by atoms with Gasteiger partial charge in [-0.05, 0) is 49.5 Å². The number of carbonyl (C=O) groups is 1. The van der Waals surface area contributed by atoms with E-state index in [9.17, 15) is 4.79 Å². The Hall–Kier alpha value is -1.72. The highest BCUT2D eigenvalue weighted by atomic mass is 32.1. The van der Waals surface area contributed by atoms with E-state index >= 15 is 0 Å². The predicted octanol–water partition coefficient (Wildman–Crippen LogP) is 3.49. The second-order valence-corrected chi connectivity index (χ2v) is 6.91. The summed E-state index contributed by atoms with van der Waals surface area (Å²) < 4.78 is 0. The molecule has 1 N–H and O–H groups in total. The van der Waals surface area contributed by atoms with Crippen molar-refractivity contribution in [3.05, 3.63) is 52.5 Å². The maximum atomic E-state index is 12.3. The summed E-state index contributed by atoms with van der Waals surface area (Å²) in [6.07, 6.45) is 8.42. The van der Waals surface area contributed by atoms with Crippen LogP contribution in [0.3, 0.4) is 0 Å². The molecule has 1 unspecified atom stereocenters. The first-order chi connectivity index (χ1) is 11.3. The predicted molar refractivity (Wildman–Crippen MR) is 93.7 cm³/mol. The molecule has 122 valence electrons. The van der Waals surface area contributed by atoms with E-state index in [1.165, 1.54) is 30.6 Å². The minimum Gasteiger partial charge on any atom is -0.350 e. The molecule has 3 rings (SSSR count). The number of nitrogens with one attached hydrogen (secondary N) is 1.